The number of methoxy groups -OCH3 is 1. The second kappa shape index (κ2) is 6.95. The van der Waals surface area contributed by atoms with Gasteiger partial charge in [0.15, 0.2) is 0 Å². The zero-order valence-electron chi connectivity index (χ0n) is 11.9. The first-order chi connectivity index (χ1) is 10.1. The quantitative estimate of drug-likeness (QED) is 0.855. The van der Waals surface area contributed by atoms with Gasteiger partial charge in [0.2, 0.25) is 5.91 Å². The maximum absolute atomic E-state index is 11.9. The summed E-state index contributed by atoms with van der Waals surface area (Å²) in [5.74, 6) is 0.601. The second-order valence-electron chi connectivity index (χ2n) is 4.53. The lowest BCUT2D eigenvalue weighted by Gasteiger charge is -2.05. The van der Waals surface area contributed by atoms with Crippen LogP contribution in [0.4, 0.5) is 5.69 Å². The number of halogens is 1. The predicted octanol–water partition coefficient (Wildman–Crippen LogP) is 4.31. The summed E-state index contributed by atoms with van der Waals surface area (Å²) in [6.07, 6.45) is 3.23. The summed E-state index contributed by atoms with van der Waals surface area (Å²) in [7, 11) is 1.63. The van der Waals surface area contributed by atoms with Crippen LogP contribution in [0.1, 0.15) is 11.1 Å². The van der Waals surface area contributed by atoms with Gasteiger partial charge in [-0.2, -0.15) is 0 Å². The van der Waals surface area contributed by atoms with Crippen molar-refractivity contribution in [2.45, 2.75) is 6.92 Å². The fourth-order valence-electron chi connectivity index (χ4n) is 1.91. The maximum atomic E-state index is 11.9. The number of nitrogens with one attached hydrogen (secondary N) is 1. The van der Waals surface area contributed by atoms with Crippen molar-refractivity contribution >= 4 is 29.3 Å². The molecular formula is C17H16ClNO2. The molecule has 0 heterocycles. The summed E-state index contributed by atoms with van der Waals surface area (Å²) in [6.45, 7) is 1.96. The van der Waals surface area contributed by atoms with Crippen molar-refractivity contribution in [3.05, 3.63) is 64.7 Å². The Morgan fingerprint density at radius 2 is 2.00 bits per heavy atom. The van der Waals surface area contributed by atoms with E-state index in [1.807, 2.05) is 37.3 Å². The number of hydrogen-bond acceptors (Lipinski definition) is 2. The molecule has 21 heavy (non-hydrogen) atoms. The fourth-order valence-corrected chi connectivity index (χ4v) is 2.10. The van der Waals surface area contributed by atoms with Gasteiger partial charge in [-0.15, -0.1) is 0 Å². The molecule has 1 amide bonds. The van der Waals surface area contributed by atoms with Crippen molar-refractivity contribution in [3.8, 4) is 5.75 Å². The highest BCUT2D eigenvalue weighted by atomic mass is 35.5. The highest BCUT2D eigenvalue weighted by molar-refractivity contribution is 6.33. The Morgan fingerprint density at radius 3 is 2.67 bits per heavy atom. The zero-order chi connectivity index (χ0) is 15.2. The largest absolute Gasteiger partial charge is 0.496 e. The Hall–Kier alpha value is -2.26. The van der Waals surface area contributed by atoms with Crippen LogP contribution in [-0.2, 0) is 4.79 Å². The van der Waals surface area contributed by atoms with E-state index < -0.39 is 0 Å². The molecule has 0 aliphatic rings. The molecule has 0 aliphatic heterocycles. The average Bonchev–Trinajstić information content (AvgIpc) is 2.48. The minimum atomic E-state index is -0.225. The van der Waals surface area contributed by atoms with Crippen LogP contribution >= 0.6 is 11.6 Å². The van der Waals surface area contributed by atoms with Gasteiger partial charge in [-0.05, 0) is 48.4 Å². The van der Waals surface area contributed by atoms with Gasteiger partial charge in [-0.1, -0.05) is 29.8 Å². The van der Waals surface area contributed by atoms with Gasteiger partial charge in [-0.25, -0.2) is 0 Å². The highest BCUT2D eigenvalue weighted by Gasteiger charge is 2.02. The molecule has 0 fully saturated rings. The number of amides is 1. The standard InChI is InChI=1S/C17H16ClNO2/c1-12-11-13(7-9-16(12)21-2)8-10-17(20)19-15-6-4-3-5-14(15)18/h3-11H,1-2H3,(H,19,20). The molecule has 108 valence electrons. The van der Waals surface area contributed by atoms with E-state index in [-0.39, 0.29) is 5.91 Å². The van der Waals surface area contributed by atoms with Crippen LogP contribution in [0, 0.1) is 6.92 Å². The molecule has 0 saturated heterocycles. The molecule has 0 saturated carbocycles. The van der Waals surface area contributed by atoms with Gasteiger partial charge >= 0.3 is 0 Å². The number of carbonyl (C=O) groups is 1. The molecule has 0 atom stereocenters. The first kappa shape index (κ1) is 15.1. The van der Waals surface area contributed by atoms with Crippen LogP contribution in [0.2, 0.25) is 5.02 Å². The van der Waals surface area contributed by atoms with E-state index >= 15 is 0 Å². The van der Waals surface area contributed by atoms with Crippen molar-refractivity contribution < 1.29 is 9.53 Å². The Bertz CT molecular complexity index is 680. The topological polar surface area (TPSA) is 38.3 Å². The van der Waals surface area contributed by atoms with Crippen molar-refractivity contribution in [3.63, 3.8) is 0 Å². The molecule has 2 aromatic rings. The third-order valence-corrected chi connectivity index (χ3v) is 3.31. The number of rotatable bonds is 4. The summed E-state index contributed by atoms with van der Waals surface area (Å²) in [5, 5.41) is 3.25. The van der Waals surface area contributed by atoms with E-state index in [4.69, 9.17) is 16.3 Å². The van der Waals surface area contributed by atoms with E-state index in [9.17, 15) is 4.79 Å². The predicted molar refractivity (Wildman–Crippen MR) is 86.8 cm³/mol. The molecule has 0 bridgehead atoms. The third kappa shape index (κ3) is 4.10. The van der Waals surface area contributed by atoms with Gasteiger partial charge in [-0.3, -0.25) is 4.79 Å². The van der Waals surface area contributed by atoms with Crippen molar-refractivity contribution in [2.75, 3.05) is 12.4 Å². The molecule has 1 N–H and O–H groups in total. The zero-order valence-corrected chi connectivity index (χ0v) is 12.6. The summed E-state index contributed by atoms with van der Waals surface area (Å²) >= 11 is 5.99. The van der Waals surface area contributed by atoms with E-state index in [1.165, 1.54) is 6.08 Å². The number of benzene rings is 2. The molecule has 0 aliphatic carbocycles. The molecule has 2 rings (SSSR count). The van der Waals surface area contributed by atoms with Gasteiger partial charge in [0.05, 0.1) is 17.8 Å². The number of hydrogen-bond donors (Lipinski definition) is 1. The molecule has 0 aromatic heterocycles. The lowest BCUT2D eigenvalue weighted by atomic mass is 10.1. The number of anilines is 1. The van der Waals surface area contributed by atoms with Crippen LogP contribution in [0.3, 0.4) is 0 Å². The summed E-state index contributed by atoms with van der Waals surface area (Å²) in [5.41, 5.74) is 2.55. The Balaban J connectivity index is 2.05. The van der Waals surface area contributed by atoms with Crippen molar-refractivity contribution in [1.82, 2.24) is 0 Å². The Morgan fingerprint density at radius 1 is 1.24 bits per heavy atom. The number of para-hydroxylation sites is 1. The van der Waals surface area contributed by atoms with Crippen LogP contribution in [0.15, 0.2) is 48.5 Å². The summed E-state index contributed by atoms with van der Waals surface area (Å²) < 4.78 is 5.20. The average molecular weight is 302 g/mol. The molecule has 0 unspecified atom stereocenters. The highest BCUT2D eigenvalue weighted by Crippen LogP contribution is 2.21. The number of ether oxygens (including phenoxy) is 1. The maximum Gasteiger partial charge on any atom is 0.248 e. The van der Waals surface area contributed by atoms with Gasteiger partial charge in [0.1, 0.15) is 5.75 Å². The number of carbonyl (C=O) groups excluding carboxylic acids is 1. The van der Waals surface area contributed by atoms with Crippen molar-refractivity contribution in [2.24, 2.45) is 0 Å². The van der Waals surface area contributed by atoms with Gasteiger partial charge < -0.3 is 10.1 Å². The molecule has 0 radical (unpaired) electrons. The molecule has 0 spiro atoms. The molecule has 4 heteroatoms. The minimum absolute atomic E-state index is 0.225. The van der Waals surface area contributed by atoms with Crippen LogP contribution < -0.4 is 10.1 Å². The Kier molecular flexibility index (Phi) is 5.01. The monoisotopic (exact) mass is 301 g/mol. The normalized spacial score (nSPS) is 10.6. The molecule has 2 aromatic carbocycles. The van der Waals surface area contributed by atoms with Crippen LogP contribution in [0.25, 0.3) is 6.08 Å². The minimum Gasteiger partial charge on any atom is -0.496 e. The fraction of sp³-hybridized carbons (Fsp3) is 0.118. The van der Waals surface area contributed by atoms with Gasteiger partial charge in [0, 0.05) is 6.08 Å². The summed E-state index contributed by atoms with van der Waals surface area (Å²) in [4.78, 5) is 11.9. The molecular weight excluding hydrogens is 286 g/mol. The van der Waals surface area contributed by atoms with Crippen LogP contribution in [-0.4, -0.2) is 13.0 Å². The van der Waals surface area contributed by atoms with E-state index in [0.717, 1.165) is 16.9 Å². The van der Waals surface area contributed by atoms with E-state index in [1.54, 1.807) is 25.3 Å². The smallest absolute Gasteiger partial charge is 0.248 e. The lowest BCUT2D eigenvalue weighted by molar-refractivity contribution is -0.111. The Labute approximate surface area is 129 Å². The first-order valence-corrected chi connectivity index (χ1v) is 6.86. The molecule has 3 nitrogen and oxygen atoms in total. The van der Waals surface area contributed by atoms with Gasteiger partial charge in [0.25, 0.3) is 0 Å². The first-order valence-electron chi connectivity index (χ1n) is 6.48. The third-order valence-electron chi connectivity index (χ3n) is 2.98. The lowest BCUT2D eigenvalue weighted by Crippen LogP contribution is -2.07. The van der Waals surface area contributed by atoms with E-state index in [2.05, 4.69) is 5.32 Å². The van der Waals surface area contributed by atoms with Crippen LogP contribution in [0.5, 0.6) is 5.75 Å². The SMILES string of the molecule is COc1ccc(C=CC(=O)Nc2ccccc2Cl)cc1C. The summed E-state index contributed by atoms with van der Waals surface area (Å²) in [6, 6.07) is 12.8. The van der Waals surface area contributed by atoms with Crippen molar-refractivity contribution in [1.29, 1.82) is 0 Å². The number of aryl methyl sites for hydroxylation is 1. The second-order valence-corrected chi connectivity index (χ2v) is 4.94. The van der Waals surface area contributed by atoms with E-state index in [0.29, 0.717) is 10.7 Å².